The Bertz CT molecular complexity index is 2810. The van der Waals surface area contributed by atoms with Gasteiger partial charge in [-0.05, 0) is 88.3 Å². The Morgan fingerprint density at radius 2 is 1.04 bits per heavy atom. The minimum atomic E-state index is 0.910. The van der Waals surface area contributed by atoms with Gasteiger partial charge in [0.25, 0.3) is 0 Å². The quantitative estimate of drug-likeness (QED) is 0.186. The fourth-order valence-electron chi connectivity index (χ4n) is 7.29. The highest BCUT2D eigenvalue weighted by atomic mass is 32.1. The van der Waals surface area contributed by atoms with Crippen LogP contribution in [0.3, 0.4) is 0 Å². The number of hydrogen-bond donors (Lipinski definition) is 0. The van der Waals surface area contributed by atoms with Gasteiger partial charge < -0.3 is 9.32 Å². The molecule has 0 bridgehead atoms. The summed E-state index contributed by atoms with van der Waals surface area (Å²) in [7, 11) is 0. The first-order valence-corrected chi connectivity index (χ1v) is 17.4. The number of benzene rings is 8. The summed E-state index contributed by atoms with van der Waals surface area (Å²) in [5.41, 5.74) is 10.0. The largest absolute Gasteiger partial charge is 0.455 e. The van der Waals surface area contributed by atoms with Crippen molar-refractivity contribution < 1.29 is 4.42 Å². The molecule has 230 valence electrons. The predicted octanol–water partition coefficient (Wildman–Crippen LogP) is 13.9. The lowest BCUT2D eigenvalue weighted by Crippen LogP contribution is -2.10. The summed E-state index contributed by atoms with van der Waals surface area (Å²) in [6, 6.07) is 63.2. The van der Waals surface area contributed by atoms with Crippen molar-refractivity contribution in [1.82, 2.24) is 0 Å². The fourth-order valence-corrected chi connectivity index (χ4v) is 8.42. The van der Waals surface area contributed by atoms with Crippen molar-refractivity contribution in [2.75, 3.05) is 4.90 Å². The molecule has 0 amide bonds. The van der Waals surface area contributed by atoms with Crippen LogP contribution in [-0.2, 0) is 0 Å². The monoisotopic (exact) mass is 643 g/mol. The van der Waals surface area contributed by atoms with Crippen LogP contribution in [0.1, 0.15) is 0 Å². The molecule has 10 rings (SSSR count). The second-order valence-electron chi connectivity index (χ2n) is 12.5. The van der Waals surface area contributed by atoms with E-state index in [2.05, 4.69) is 181 Å². The number of anilines is 3. The summed E-state index contributed by atoms with van der Waals surface area (Å²) in [5.74, 6) is 0. The van der Waals surface area contributed by atoms with Crippen LogP contribution < -0.4 is 4.90 Å². The molecular formula is C46H29NOS. The van der Waals surface area contributed by atoms with E-state index < -0.39 is 0 Å². The van der Waals surface area contributed by atoms with Crippen molar-refractivity contribution >= 4 is 81.3 Å². The van der Waals surface area contributed by atoms with Gasteiger partial charge in [0.05, 0.1) is 5.69 Å². The first-order valence-electron chi connectivity index (χ1n) is 16.6. The highest BCUT2D eigenvalue weighted by Crippen LogP contribution is 2.45. The van der Waals surface area contributed by atoms with Gasteiger partial charge in [0.15, 0.2) is 0 Å². The molecule has 3 heteroatoms. The van der Waals surface area contributed by atoms with Gasteiger partial charge in [-0.15, -0.1) is 11.3 Å². The van der Waals surface area contributed by atoms with Gasteiger partial charge in [0.1, 0.15) is 11.2 Å². The lowest BCUT2D eigenvalue weighted by Gasteiger charge is -2.27. The zero-order valence-electron chi connectivity index (χ0n) is 26.5. The van der Waals surface area contributed by atoms with E-state index in [9.17, 15) is 0 Å². The van der Waals surface area contributed by atoms with E-state index in [0.717, 1.165) is 38.7 Å². The number of fused-ring (bicyclic) bond motifs is 8. The Kier molecular flexibility index (Phi) is 6.39. The summed E-state index contributed by atoms with van der Waals surface area (Å²) in [6.45, 7) is 0. The molecule has 0 radical (unpaired) electrons. The number of thiophene rings is 1. The molecule has 0 aliphatic rings. The maximum Gasteiger partial charge on any atom is 0.143 e. The van der Waals surface area contributed by atoms with Gasteiger partial charge in [-0.3, -0.25) is 0 Å². The zero-order valence-corrected chi connectivity index (χ0v) is 27.3. The van der Waals surface area contributed by atoms with Gasteiger partial charge >= 0.3 is 0 Å². The summed E-state index contributed by atoms with van der Waals surface area (Å²) < 4.78 is 8.98. The Morgan fingerprint density at radius 3 is 1.84 bits per heavy atom. The molecule has 0 aliphatic carbocycles. The number of nitrogens with zero attached hydrogens (tertiary/aromatic N) is 1. The predicted molar refractivity (Wildman–Crippen MR) is 210 cm³/mol. The molecule has 2 heterocycles. The highest BCUT2D eigenvalue weighted by molar-refractivity contribution is 7.26. The van der Waals surface area contributed by atoms with E-state index in [4.69, 9.17) is 4.42 Å². The topological polar surface area (TPSA) is 16.4 Å². The van der Waals surface area contributed by atoms with Crippen molar-refractivity contribution in [3.63, 3.8) is 0 Å². The first kappa shape index (κ1) is 27.9. The van der Waals surface area contributed by atoms with Gasteiger partial charge in [0.2, 0.25) is 0 Å². The zero-order chi connectivity index (χ0) is 32.3. The van der Waals surface area contributed by atoms with Crippen LogP contribution in [0.5, 0.6) is 0 Å². The van der Waals surface area contributed by atoms with E-state index in [1.165, 1.54) is 53.5 Å². The minimum Gasteiger partial charge on any atom is -0.455 e. The molecule has 0 fully saturated rings. The van der Waals surface area contributed by atoms with Crippen molar-refractivity contribution in [3.8, 4) is 22.3 Å². The van der Waals surface area contributed by atoms with Crippen molar-refractivity contribution in [1.29, 1.82) is 0 Å². The van der Waals surface area contributed by atoms with Crippen molar-refractivity contribution in [3.05, 3.63) is 176 Å². The maximum atomic E-state index is 6.39. The molecule has 49 heavy (non-hydrogen) atoms. The lowest BCUT2D eigenvalue weighted by atomic mass is 10.0. The fraction of sp³-hybridized carbons (Fsp3) is 0. The van der Waals surface area contributed by atoms with E-state index in [-0.39, 0.29) is 0 Å². The summed E-state index contributed by atoms with van der Waals surface area (Å²) in [6.07, 6.45) is 0. The third-order valence-corrected chi connectivity index (χ3v) is 10.8. The SMILES string of the molecule is c1ccc(-c2ccc(N(c3ccc(-c4ccc5oc6c7ccccc7ccc6c5c4)cc3)c3cccc4sc5ccccc5c34)cc2)cc1. The van der Waals surface area contributed by atoms with Gasteiger partial charge in [-0.1, -0.05) is 115 Å². The normalized spacial score (nSPS) is 11.7. The van der Waals surface area contributed by atoms with Gasteiger partial charge in [-0.25, -0.2) is 0 Å². The average molecular weight is 644 g/mol. The molecule has 0 atom stereocenters. The molecule has 8 aromatic carbocycles. The van der Waals surface area contributed by atoms with Crippen LogP contribution in [0.4, 0.5) is 17.1 Å². The number of rotatable bonds is 5. The van der Waals surface area contributed by atoms with Crippen LogP contribution in [0, 0.1) is 0 Å². The molecule has 0 saturated carbocycles. The molecule has 10 aromatic rings. The van der Waals surface area contributed by atoms with Crippen LogP contribution in [-0.4, -0.2) is 0 Å². The Labute approximate surface area is 287 Å². The van der Waals surface area contributed by atoms with E-state index in [1.54, 1.807) is 0 Å². The Morgan fingerprint density at radius 1 is 0.408 bits per heavy atom. The van der Waals surface area contributed by atoms with Crippen molar-refractivity contribution in [2.45, 2.75) is 0 Å². The van der Waals surface area contributed by atoms with E-state index in [0.29, 0.717) is 0 Å². The van der Waals surface area contributed by atoms with Crippen LogP contribution in [0.25, 0.3) is 75.1 Å². The molecule has 2 aromatic heterocycles. The lowest BCUT2D eigenvalue weighted by molar-refractivity contribution is 0.672. The van der Waals surface area contributed by atoms with Crippen LogP contribution >= 0.6 is 11.3 Å². The van der Waals surface area contributed by atoms with E-state index in [1.807, 2.05) is 11.3 Å². The second-order valence-corrected chi connectivity index (χ2v) is 13.6. The van der Waals surface area contributed by atoms with E-state index >= 15 is 0 Å². The summed E-state index contributed by atoms with van der Waals surface area (Å²) in [5, 5.41) is 7.19. The smallest absolute Gasteiger partial charge is 0.143 e. The summed E-state index contributed by atoms with van der Waals surface area (Å²) >= 11 is 1.85. The molecule has 2 nitrogen and oxygen atoms in total. The summed E-state index contributed by atoms with van der Waals surface area (Å²) in [4.78, 5) is 2.40. The molecule has 0 unspecified atom stereocenters. The van der Waals surface area contributed by atoms with Crippen LogP contribution in [0.15, 0.2) is 180 Å². The third kappa shape index (κ3) is 4.62. The Balaban J connectivity index is 1.10. The van der Waals surface area contributed by atoms with Gasteiger partial charge in [-0.2, -0.15) is 0 Å². The molecular weight excluding hydrogens is 615 g/mol. The van der Waals surface area contributed by atoms with Gasteiger partial charge in [0, 0.05) is 47.7 Å². The third-order valence-electron chi connectivity index (χ3n) is 9.67. The molecule has 0 N–H and O–H groups in total. The number of hydrogen-bond acceptors (Lipinski definition) is 3. The second kappa shape index (κ2) is 11.2. The molecule has 0 saturated heterocycles. The minimum absolute atomic E-state index is 0.910. The van der Waals surface area contributed by atoms with Crippen molar-refractivity contribution in [2.24, 2.45) is 0 Å². The maximum absolute atomic E-state index is 6.39. The molecule has 0 aliphatic heterocycles. The highest BCUT2D eigenvalue weighted by Gasteiger charge is 2.19. The van der Waals surface area contributed by atoms with Crippen LogP contribution in [0.2, 0.25) is 0 Å². The first-order chi connectivity index (χ1) is 24.3. The average Bonchev–Trinajstić information content (AvgIpc) is 3.75. The molecule has 0 spiro atoms. The Hall–Kier alpha value is -6.16. The standard InChI is InChI=1S/C46H29NOS/c1-2-9-30(10-3-1)31-17-23-35(24-18-31)47(41-14-8-16-44-45(41)39-13-6-7-15-43(39)49-44)36-25-19-32(20-26-36)34-22-28-42-40(29-34)38-27-21-33-11-4-5-12-37(33)46(38)48-42/h1-29H. The number of furan rings is 1.